The summed E-state index contributed by atoms with van der Waals surface area (Å²) in [6.45, 7) is -0.508. The number of nitriles is 1. The Hall–Kier alpha value is -3.40. The third-order valence-corrected chi connectivity index (χ3v) is 5.06. The lowest BCUT2D eigenvalue weighted by molar-refractivity contribution is -0.485. The molecule has 0 fully saturated rings. The zero-order valence-electron chi connectivity index (χ0n) is 15.0. The van der Waals surface area contributed by atoms with Crippen molar-refractivity contribution in [2.45, 2.75) is 12.3 Å². The number of carbonyl (C=O) groups is 1. The van der Waals surface area contributed by atoms with E-state index in [0.717, 1.165) is 0 Å². The quantitative estimate of drug-likeness (QED) is 0.575. The predicted molar refractivity (Wildman–Crippen MR) is 96.7 cm³/mol. The monoisotopic (exact) mass is 366 g/mol. The van der Waals surface area contributed by atoms with Gasteiger partial charge >= 0.3 is 0 Å². The SMILES string of the molecule is COc1cc2c(cc1OC)C(=O)[C@@](C#N)([C@@H](C[N+](=O)[O-])c1ccccc1)C2. The molecule has 27 heavy (non-hydrogen) atoms. The highest BCUT2D eigenvalue weighted by molar-refractivity contribution is 6.08. The van der Waals surface area contributed by atoms with Crippen LogP contribution in [-0.2, 0) is 6.42 Å². The van der Waals surface area contributed by atoms with Gasteiger partial charge in [-0.2, -0.15) is 5.26 Å². The normalized spacial score (nSPS) is 19.1. The Labute approximate surface area is 156 Å². The Balaban J connectivity index is 2.15. The maximum absolute atomic E-state index is 13.3. The number of methoxy groups -OCH3 is 2. The Morgan fingerprint density at radius 1 is 1.22 bits per heavy atom. The molecule has 7 nitrogen and oxygen atoms in total. The van der Waals surface area contributed by atoms with Crippen molar-refractivity contribution in [1.82, 2.24) is 0 Å². The van der Waals surface area contributed by atoms with Crippen molar-refractivity contribution in [3.63, 3.8) is 0 Å². The second-order valence-electron chi connectivity index (χ2n) is 6.43. The van der Waals surface area contributed by atoms with Crippen LogP contribution < -0.4 is 9.47 Å². The molecular weight excluding hydrogens is 348 g/mol. The number of ketones is 1. The highest BCUT2D eigenvalue weighted by atomic mass is 16.6. The van der Waals surface area contributed by atoms with Gasteiger partial charge in [0.05, 0.1) is 26.2 Å². The van der Waals surface area contributed by atoms with Gasteiger partial charge in [-0.25, -0.2) is 0 Å². The molecule has 0 radical (unpaired) electrons. The van der Waals surface area contributed by atoms with Crippen LogP contribution in [0.3, 0.4) is 0 Å². The molecule has 1 aliphatic carbocycles. The van der Waals surface area contributed by atoms with Gasteiger partial charge < -0.3 is 9.47 Å². The van der Waals surface area contributed by atoms with Crippen LogP contribution in [0, 0.1) is 26.9 Å². The topological polar surface area (TPSA) is 102 Å². The van der Waals surface area contributed by atoms with Crippen molar-refractivity contribution in [3.05, 3.63) is 69.3 Å². The molecule has 0 N–H and O–H groups in total. The van der Waals surface area contributed by atoms with Crippen LogP contribution in [0.5, 0.6) is 11.5 Å². The number of Topliss-reactive ketones (excluding diaryl/α,β-unsaturated/α-hetero) is 1. The van der Waals surface area contributed by atoms with E-state index in [1.165, 1.54) is 14.2 Å². The van der Waals surface area contributed by atoms with Crippen molar-refractivity contribution < 1.29 is 19.2 Å². The minimum absolute atomic E-state index is 0.0887. The molecule has 0 bridgehead atoms. The second-order valence-corrected chi connectivity index (χ2v) is 6.43. The number of hydrogen-bond acceptors (Lipinski definition) is 6. The van der Waals surface area contributed by atoms with E-state index in [-0.39, 0.29) is 6.42 Å². The van der Waals surface area contributed by atoms with E-state index >= 15 is 0 Å². The third-order valence-electron chi connectivity index (χ3n) is 5.06. The summed E-state index contributed by atoms with van der Waals surface area (Å²) in [7, 11) is 2.94. The molecule has 0 amide bonds. The Bertz CT molecular complexity index is 935. The van der Waals surface area contributed by atoms with Gasteiger partial charge in [0.1, 0.15) is 5.41 Å². The van der Waals surface area contributed by atoms with E-state index < -0.39 is 28.6 Å². The fourth-order valence-corrected chi connectivity index (χ4v) is 3.73. The fraction of sp³-hybridized carbons (Fsp3) is 0.300. The second kappa shape index (κ2) is 7.08. The predicted octanol–water partition coefficient (Wildman–Crippen LogP) is 3.01. The number of carbonyl (C=O) groups excluding carboxylic acids is 1. The van der Waals surface area contributed by atoms with E-state index in [2.05, 4.69) is 6.07 Å². The standard InChI is InChI=1S/C20H18N2O5/c1-26-17-8-14-10-20(12-21,19(23)15(14)9-18(17)27-2)16(11-22(24)25)13-6-4-3-5-7-13/h3-9,16H,10-11H2,1-2H3/t16-,20-/m0/s1. The van der Waals surface area contributed by atoms with Gasteiger partial charge in [-0.15, -0.1) is 0 Å². The Morgan fingerprint density at radius 2 is 1.85 bits per heavy atom. The Kier molecular flexibility index (Phi) is 4.82. The van der Waals surface area contributed by atoms with Crippen molar-refractivity contribution in [2.24, 2.45) is 5.41 Å². The molecule has 0 aromatic heterocycles. The van der Waals surface area contributed by atoms with Gasteiger partial charge in [0.15, 0.2) is 17.3 Å². The first-order valence-corrected chi connectivity index (χ1v) is 8.34. The van der Waals surface area contributed by atoms with Gasteiger partial charge in [0.2, 0.25) is 6.54 Å². The van der Waals surface area contributed by atoms with Crippen LogP contribution in [0.25, 0.3) is 0 Å². The summed E-state index contributed by atoms with van der Waals surface area (Å²) in [6, 6.07) is 14.0. The molecule has 0 heterocycles. The summed E-state index contributed by atoms with van der Waals surface area (Å²) in [5, 5.41) is 21.3. The number of fused-ring (bicyclic) bond motifs is 1. The number of hydrogen-bond donors (Lipinski definition) is 0. The molecule has 0 saturated carbocycles. The molecular formula is C20H18N2O5. The van der Waals surface area contributed by atoms with Gasteiger partial charge in [-0.3, -0.25) is 14.9 Å². The molecule has 7 heteroatoms. The highest BCUT2D eigenvalue weighted by Gasteiger charge is 2.54. The highest BCUT2D eigenvalue weighted by Crippen LogP contribution is 2.49. The van der Waals surface area contributed by atoms with E-state index in [1.807, 2.05) is 0 Å². The molecule has 0 spiro atoms. The summed E-state index contributed by atoms with van der Waals surface area (Å²) in [6.07, 6.45) is 0.0887. The summed E-state index contributed by atoms with van der Waals surface area (Å²) >= 11 is 0. The van der Waals surface area contributed by atoms with Crippen LogP contribution in [-0.4, -0.2) is 31.5 Å². The lowest BCUT2D eigenvalue weighted by atomic mass is 9.70. The van der Waals surface area contributed by atoms with E-state index in [9.17, 15) is 20.2 Å². The molecule has 2 atom stereocenters. The van der Waals surface area contributed by atoms with Crippen molar-refractivity contribution >= 4 is 5.78 Å². The molecule has 1 aliphatic rings. The lowest BCUT2D eigenvalue weighted by Crippen LogP contribution is -2.37. The summed E-state index contributed by atoms with van der Waals surface area (Å²) in [5.41, 5.74) is 0.0199. The molecule has 0 unspecified atom stereocenters. The summed E-state index contributed by atoms with van der Waals surface area (Å²) in [4.78, 5) is 24.1. The number of benzene rings is 2. The van der Waals surface area contributed by atoms with Gasteiger partial charge in [-0.1, -0.05) is 30.3 Å². The zero-order valence-corrected chi connectivity index (χ0v) is 15.0. The van der Waals surface area contributed by atoms with E-state index in [0.29, 0.717) is 28.2 Å². The number of ether oxygens (including phenoxy) is 2. The Morgan fingerprint density at radius 3 is 2.41 bits per heavy atom. The number of nitro groups is 1. The minimum Gasteiger partial charge on any atom is -0.493 e. The van der Waals surface area contributed by atoms with Crippen LogP contribution in [0.4, 0.5) is 0 Å². The average Bonchev–Trinajstić information content (AvgIpc) is 2.97. The summed E-state index contributed by atoms with van der Waals surface area (Å²) in [5.74, 6) is -0.459. The molecule has 3 rings (SSSR count). The first-order valence-electron chi connectivity index (χ1n) is 8.34. The largest absolute Gasteiger partial charge is 0.493 e. The van der Waals surface area contributed by atoms with E-state index in [4.69, 9.17) is 9.47 Å². The first kappa shape index (κ1) is 18.4. The van der Waals surface area contributed by atoms with Crippen LogP contribution in [0.1, 0.15) is 27.4 Å². The molecule has 0 aliphatic heterocycles. The molecule has 138 valence electrons. The average molecular weight is 366 g/mol. The van der Waals surface area contributed by atoms with Crippen LogP contribution in [0.15, 0.2) is 42.5 Å². The van der Waals surface area contributed by atoms with Crippen molar-refractivity contribution in [2.75, 3.05) is 20.8 Å². The van der Waals surface area contributed by atoms with Crippen LogP contribution in [0.2, 0.25) is 0 Å². The van der Waals surface area contributed by atoms with Crippen molar-refractivity contribution in [3.8, 4) is 17.6 Å². The molecule has 0 saturated heterocycles. The fourth-order valence-electron chi connectivity index (χ4n) is 3.73. The molecule has 2 aromatic rings. The lowest BCUT2D eigenvalue weighted by Gasteiger charge is -2.27. The molecule has 2 aromatic carbocycles. The maximum Gasteiger partial charge on any atom is 0.212 e. The maximum atomic E-state index is 13.3. The summed E-state index contributed by atoms with van der Waals surface area (Å²) < 4.78 is 10.5. The first-order chi connectivity index (χ1) is 13.0. The van der Waals surface area contributed by atoms with Crippen LogP contribution >= 0.6 is 0 Å². The number of nitrogens with zero attached hydrogens (tertiary/aromatic N) is 2. The minimum atomic E-state index is -1.55. The van der Waals surface area contributed by atoms with Gasteiger partial charge in [0.25, 0.3) is 0 Å². The third kappa shape index (κ3) is 2.99. The van der Waals surface area contributed by atoms with Crippen molar-refractivity contribution in [1.29, 1.82) is 5.26 Å². The van der Waals surface area contributed by atoms with E-state index in [1.54, 1.807) is 42.5 Å². The van der Waals surface area contributed by atoms with Gasteiger partial charge in [-0.05, 0) is 23.3 Å². The zero-order chi connectivity index (χ0) is 19.6. The van der Waals surface area contributed by atoms with Gasteiger partial charge in [0, 0.05) is 16.9 Å². The smallest absolute Gasteiger partial charge is 0.212 e. The number of rotatable bonds is 6.